The molecule has 1 aliphatic heterocycles. The van der Waals surface area contributed by atoms with Crippen LogP contribution in [0.3, 0.4) is 0 Å². The van der Waals surface area contributed by atoms with Crippen LogP contribution in [0, 0.1) is 0 Å². The van der Waals surface area contributed by atoms with E-state index in [0.29, 0.717) is 5.75 Å². The highest BCUT2D eigenvalue weighted by Crippen LogP contribution is 2.36. The number of hydrogen-bond acceptors (Lipinski definition) is 5. The molecule has 3 aromatic rings. The van der Waals surface area contributed by atoms with Crippen molar-refractivity contribution in [2.45, 2.75) is 111 Å². The summed E-state index contributed by atoms with van der Waals surface area (Å²) in [5.74, 6) is 1.18. The lowest BCUT2D eigenvalue weighted by molar-refractivity contribution is 0.0308. The first-order valence-electron chi connectivity index (χ1n) is 14.3. The number of aromatic hydroxyl groups is 1. The van der Waals surface area contributed by atoms with Crippen LogP contribution in [0.2, 0.25) is 0 Å². The zero-order chi connectivity index (χ0) is 29.4. The van der Waals surface area contributed by atoms with E-state index < -0.39 is 0 Å². The molecule has 2 heterocycles. The minimum absolute atomic E-state index is 0.0231. The van der Waals surface area contributed by atoms with Crippen LogP contribution >= 0.6 is 0 Å². The maximum absolute atomic E-state index is 9.72. The molecule has 4 rings (SSSR count). The monoisotopic (exact) mass is 536 g/mol. The van der Waals surface area contributed by atoms with Gasteiger partial charge in [0, 0.05) is 18.7 Å². The third-order valence-corrected chi connectivity index (χ3v) is 7.32. The fourth-order valence-electron chi connectivity index (χ4n) is 4.56. The summed E-state index contributed by atoms with van der Waals surface area (Å²) in [5.41, 5.74) is 7.13. The molecule has 0 atom stereocenters. The van der Waals surface area contributed by atoms with E-state index in [2.05, 4.69) is 106 Å². The highest BCUT2D eigenvalue weighted by Gasteiger charge is 2.26. The first-order chi connectivity index (χ1) is 17.7. The molecule has 0 saturated carbocycles. The van der Waals surface area contributed by atoms with E-state index in [9.17, 15) is 5.11 Å². The first kappa shape index (κ1) is 31.2. The van der Waals surface area contributed by atoms with Crippen molar-refractivity contribution in [1.29, 1.82) is 0 Å². The van der Waals surface area contributed by atoms with Gasteiger partial charge in [-0.2, -0.15) is 0 Å². The molecule has 0 unspecified atom stereocenters. The van der Waals surface area contributed by atoms with E-state index in [0.717, 1.165) is 49.8 Å². The summed E-state index contributed by atoms with van der Waals surface area (Å²) < 4.78 is 11.6. The normalized spacial score (nSPS) is 15.8. The van der Waals surface area contributed by atoms with Crippen LogP contribution in [0.25, 0.3) is 11.1 Å². The third kappa shape index (κ3) is 8.31. The standard InChI is InChI=1S/C20H30N2O2.C14H22O/c1-19(2,3)14-11-15(20(4,5)6)18-16(12-14)21-17(24-18)13-22-7-9-23-10-8-22;1-13(2,3)10-7-11(14(4,5)6)9-12(15)8-10/h11-12H,7-10,13H2,1-6H3;7-9,15H,1-6H3. The van der Waals surface area contributed by atoms with Gasteiger partial charge in [-0.05, 0) is 56.5 Å². The van der Waals surface area contributed by atoms with Crippen molar-refractivity contribution in [3.05, 3.63) is 58.5 Å². The van der Waals surface area contributed by atoms with Gasteiger partial charge in [0.25, 0.3) is 0 Å². The molecule has 0 spiro atoms. The first-order valence-corrected chi connectivity index (χ1v) is 14.3. The van der Waals surface area contributed by atoms with Crippen LogP contribution in [0.5, 0.6) is 5.75 Å². The Bertz CT molecular complexity index is 1220. The van der Waals surface area contributed by atoms with Gasteiger partial charge in [0.05, 0.1) is 19.8 Å². The number of hydrogen-bond donors (Lipinski definition) is 1. The Balaban J connectivity index is 0.000000242. The fraction of sp³-hybridized carbons (Fsp3) is 0.618. The smallest absolute Gasteiger partial charge is 0.209 e. The second-order valence-electron chi connectivity index (χ2n) is 15.1. The second kappa shape index (κ2) is 11.2. The van der Waals surface area contributed by atoms with Gasteiger partial charge in [0.1, 0.15) is 11.3 Å². The van der Waals surface area contributed by atoms with Gasteiger partial charge in [-0.25, -0.2) is 4.98 Å². The highest BCUT2D eigenvalue weighted by atomic mass is 16.5. The molecule has 5 heteroatoms. The number of ether oxygens (including phenoxy) is 1. The molecule has 2 aromatic carbocycles. The Morgan fingerprint density at radius 2 is 1.18 bits per heavy atom. The van der Waals surface area contributed by atoms with Crippen LogP contribution in [0.4, 0.5) is 0 Å². The van der Waals surface area contributed by atoms with Crippen molar-refractivity contribution in [3.63, 3.8) is 0 Å². The minimum Gasteiger partial charge on any atom is -0.508 e. The van der Waals surface area contributed by atoms with E-state index in [4.69, 9.17) is 14.1 Å². The maximum Gasteiger partial charge on any atom is 0.209 e. The van der Waals surface area contributed by atoms with Gasteiger partial charge in [0.15, 0.2) is 5.58 Å². The van der Waals surface area contributed by atoms with Gasteiger partial charge in [0.2, 0.25) is 5.89 Å². The van der Waals surface area contributed by atoms with E-state index in [1.807, 2.05) is 12.1 Å². The topological polar surface area (TPSA) is 58.7 Å². The van der Waals surface area contributed by atoms with Gasteiger partial charge in [-0.3, -0.25) is 4.90 Å². The maximum atomic E-state index is 9.72. The van der Waals surface area contributed by atoms with Crippen molar-refractivity contribution in [2.75, 3.05) is 26.3 Å². The molecule has 5 nitrogen and oxygen atoms in total. The van der Waals surface area contributed by atoms with Gasteiger partial charge >= 0.3 is 0 Å². The van der Waals surface area contributed by atoms with Crippen molar-refractivity contribution in [2.24, 2.45) is 0 Å². The lowest BCUT2D eigenvalue weighted by atomic mass is 9.80. The summed E-state index contributed by atoms with van der Waals surface area (Å²) in [5, 5.41) is 9.72. The summed E-state index contributed by atoms with van der Waals surface area (Å²) in [6.07, 6.45) is 0. The number of aromatic nitrogens is 1. The number of nitrogens with zero attached hydrogens (tertiary/aromatic N) is 2. The SMILES string of the molecule is CC(C)(C)c1cc(C(C)(C)C)c2oc(CN3CCOCC3)nc2c1.CC(C)(C)c1cc(O)cc(C(C)(C)C)c1. The summed E-state index contributed by atoms with van der Waals surface area (Å²) in [6, 6.07) is 10.4. The number of fused-ring (bicyclic) bond motifs is 1. The number of morpholine rings is 1. The zero-order valence-corrected chi connectivity index (χ0v) is 26.6. The molecular weight excluding hydrogens is 484 g/mol. The molecule has 1 N–H and O–H groups in total. The van der Waals surface area contributed by atoms with E-state index >= 15 is 0 Å². The van der Waals surface area contributed by atoms with Crippen molar-refractivity contribution in [1.82, 2.24) is 9.88 Å². The van der Waals surface area contributed by atoms with Crippen molar-refractivity contribution >= 4 is 11.1 Å². The number of oxazole rings is 1. The molecule has 0 bridgehead atoms. The highest BCUT2D eigenvalue weighted by molar-refractivity contribution is 5.79. The van der Waals surface area contributed by atoms with Gasteiger partial charge < -0.3 is 14.3 Å². The summed E-state index contributed by atoms with van der Waals surface area (Å²) >= 11 is 0. The number of phenols is 1. The largest absolute Gasteiger partial charge is 0.508 e. The molecule has 39 heavy (non-hydrogen) atoms. The lowest BCUT2D eigenvalue weighted by Gasteiger charge is -2.25. The average Bonchev–Trinajstić information content (AvgIpc) is 3.19. The molecule has 1 aliphatic rings. The van der Waals surface area contributed by atoms with Crippen LogP contribution in [0.1, 0.15) is 111 Å². The van der Waals surface area contributed by atoms with E-state index in [-0.39, 0.29) is 21.7 Å². The Morgan fingerprint density at radius 3 is 1.64 bits per heavy atom. The Kier molecular flexibility index (Phi) is 8.99. The summed E-state index contributed by atoms with van der Waals surface area (Å²) in [4.78, 5) is 7.15. The quantitative estimate of drug-likeness (QED) is 0.357. The predicted octanol–water partition coefficient (Wildman–Crippen LogP) is 8.24. The number of phenolic OH excluding ortho intramolecular Hbond substituents is 1. The van der Waals surface area contributed by atoms with Crippen molar-refractivity contribution < 1.29 is 14.3 Å². The Labute approximate surface area is 237 Å². The third-order valence-electron chi connectivity index (χ3n) is 7.32. The molecule has 1 aromatic heterocycles. The van der Waals surface area contributed by atoms with E-state index in [1.54, 1.807) is 0 Å². The van der Waals surface area contributed by atoms with Crippen LogP contribution in [-0.4, -0.2) is 41.3 Å². The molecule has 0 aliphatic carbocycles. The molecule has 216 valence electrons. The van der Waals surface area contributed by atoms with Crippen LogP contribution in [0.15, 0.2) is 34.7 Å². The van der Waals surface area contributed by atoms with Crippen LogP contribution < -0.4 is 0 Å². The Morgan fingerprint density at radius 1 is 0.692 bits per heavy atom. The van der Waals surface area contributed by atoms with Gasteiger partial charge in [-0.15, -0.1) is 0 Å². The second-order valence-corrected chi connectivity index (χ2v) is 15.1. The van der Waals surface area contributed by atoms with Crippen molar-refractivity contribution in [3.8, 4) is 5.75 Å². The zero-order valence-electron chi connectivity index (χ0n) is 26.6. The van der Waals surface area contributed by atoms with E-state index in [1.165, 1.54) is 22.3 Å². The molecular formula is C34H52N2O3. The molecule has 0 radical (unpaired) electrons. The Hall–Kier alpha value is -2.37. The molecule has 0 amide bonds. The number of rotatable bonds is 2. The minimum atomic E-state index is 0.0231. The molecule has 1 fully saturated rings. The molecule has 1 saturated heterocycles. The average molecular weight is 537 g/mol. The summed E-state index contributed by atoms with van der Waals surface area (Å²) in [6.45, 7) is 30.6. The fourth-order valence-corrected chi connectivity index (χ4v) is 4.56. The predicted molar refractivity (Wildman–Crippen MR) is 163 cm³/mol. The van der Waals surface area contributed by atoms with Gasteiger partial charge in [-0.1, -0.05) is 95.2 Å². The number of benzene rings is 2. The van der Waals surface area contributed by atoms with Crippen LogP contribution in [-0.2, 0) is 32.9 Å². The lowest BCUT2D eigenvalue weighted by Crippen LogP contribution is -2.35. The summed E-state index contributed by atoms with van der Waals surface area (Å²) in [7, 11) is 0.